The van der Waals surface area contributed by atoms with Gasteiger partial charge in [0.15, 0.2) is 0 Å². The summed E-state index contributed by atoms with van der Waals surface area (Å²) in [7, 11) is 0. The summed E-state index contributed by atoms with van der Waals surface area (Å²) in [6.45, 7) is 4.43. The molecule has 1 aromatic rings. The Labute approximate surface area is 124 Å². The van der Waals surface area contributed by atoms with Crippen LogP contribution < -0.4 is 0 Å². The second kappa shape index (κ2) is 7.04. The first-order valence-electron chi connectivity index (χ1n) is 7.02. The maximum Gasteiger partial charge on any atom is 0.317 e. The van der Waals surface area contributed by atoms with E-state index in [2.05, 4.69) is 0 Å². The minimum atomic E-state index is -0.825. The smallest absolute Gasteiger partial charge is 0.317 e. The summed E-state index contributed by atoms with van der Waals surface area (Å²) in [5, 5.41) is 8.74. The van der Waals surface area contributed by atoms with Gasteiger partial charge in [-0.15, -0.1) is 0 Å². The molecule has 0 spiro atoms. The predicted octanol–water partition coefficient (Wildman–Crippen LogP) is 1.24. The van der Waals surface area contributed by atoms with Crippen molar-refractivity contribution >= 4 is 18.0 Å². The second-order valence-electron chi connectivity index (χ2n) is 5.24. The summed E-state index contributed by atoms with van der Waals surface area (Å²) in [5.74, 6) is -0.848. The first-order valence-corrected chi connectivity index (χ1v) is 7.02. The van der Waals surface area contributed by atoms with Crippen molar-refractivity contribution in [2.75, 3.05) is 32.7 Å². The molecular weight excluding hydrogens is 268 g/mol. The van der Waals surface area contributed by atoms with Crippen molar-refractivity contribution in [2.45, 2.75) is 6.92 Å². The van der Waals surface area contributed by atoms with Gasteiger partial charge in [0.2, 0.25) is 5.91 Å². The third-order valence-corrected chi connectivity index (χ3v) is 3.54. The molecule has 0 radical (unpaired) electrons. The van der Waals surface area contributed by atoms with E-state index in [1.165, 1.54) is 5.56 Å². The quantitative estimate of drug-likeness (QED) is 0.847. The predicted molar refractivity (Wildman–Crippen MR) is 80.9 cm³/mol. The molecule has 0 unspecified atom stereocenters. The number of aliphatic carboxylic acids is 1. The minimum absolute atomic E-state index is 0.0226. The summed E-state index contributed by atoms with van der Waals surface area (Å²) < 4.78 is 0. The average Bonchev–Trinajstić information content (AvgIpc) is 2.46. The highest BCUT2D eigenvalue weighted by Crippen LogP contribution is 2.07. The van der Waals surface area contributed by atoms with Crippen LogP contribution in [0.3, 0.4) is 0 Å². The third-order valence-electron chi connectivity index (χ3n) is 3.54. The number of carboxylic acids is 1. The number of hydrogen-bond donors (Lipinski definition) is 1. The number of rotatable bonds is 4. The fourth-order valence-electron chi connectivity index (χ4n) is 2.27. The molecule has 1 aliphatic heterocycles. The van der Waals surface area contributed by atoms with Crippen molar-refractivity contribution in [3.63, 3.8) is 0 Å². The molecule has 1 aliphatic rings. The van der Waals surface area contributed by atoms with Crippen LogP contribution in [0.4, 0.5) is 0 Å². The molecule has 1 amide bonds. The van der Waals surface area contributed by atoms with Gasteiger partial charge in [-0.1, -0.05) is 29.8 Å². The van der Waals surface area contributed by atoms with Crippen molar-refractivity contribution in [3.05, 3.63) is 41.5 Å². The summed E-state index contributed by atoms with van der Waals surface area (Å²) in [6.07, 6.45) is 3.39. The standard InChI is InChI=1S/C16H20N2O3/c1-13-2-4-14(5-3-13)6-7-15(19)18-10-8-17(9-11-18)12-16(20)21/h2-7H,8-12H2,1H3,(H,20,21)/b7-6+. The molecule has 0 bridgehead atoms. The first kappa shape index (κ1) is 15.3. The first-order chi connectivity index (χ1) is 10.0. The Balaban J connectivity index is 1.84. The number of nitrogens with zero attached hydrogens (tertiary/aromatic N) is 2. The summed E-state index contributed by atoms with van der Waals surface area (Å²) in [4.78, 5) is 26.3. The molecule has 5 nitrogen and oxygen atoms in total. The lowest BCUT2D eigenvalue weighted by molar-refractivity contribution is -0.139. The number of aryl methyl sites for hydroxylation is 1. The molecule has 1 heterocycles. The van der Waals surface area contributed by atoms with E-state index in [1.807, 2.05) is 42.2 Å². The van der Waals surface area contributed by atoms with E-state index in [-0.39, 0.29) is 12.5 Å². The molecule has 21 heavy (non-hydrogen) atoms. The highest BCUT2D eigenvalue weighted by atomic mass is 16.4. The number of benzene rings is 1. The van der Waals surface area contributed by atoms with E-state index in [1.54, 1.807) is 11.0 Å². The zero-order valence-electron chi connectivity index (χ0n) is 12.2. The van der Waals surface area contributed by atoms with Crippen LogP contribution in [0.25, 0.3) is 6.08 Å². The zero-order valence-corrected chi connectivity index (χ0v) is 12.2. The number of amides is 1. The van der Waals surface area contributed by atoms with E-state index in [9.17, 15) is 9.59 Å². The van der Waals surface area contributed by atoms with Crippen LogP contribution in [0, 0.1) is 6.92 Å². The Hall–Kier alpha value is -2.14. The largest absolute Gasteiger partial charge is 0.480 e. The lowest BCUT2D eigenvalue weighted by Gasteiger charge is -2.33. The third kappa shape index (κ3) is 4.72. The Morgan fingerprint density at radius 3 is 2.33 bits per heavy atom. The lowest BCUT2D eigenvalue weighted by Crippen LogP contribution is -2.49. The topological polar surface area (TPSA) is 60.9 Å². The van der Waals surface area contributed by atoms with E-state index in [0.29, 0.717) is 26.2 Å². The Bertz CT molecular complexity index is 529. The molecule has 0 atom stereocenters. The molecule has 1 N–H and O–H groups in total. The van der Waals surface area contributed by atoms with Crippen molar-refractivity contribution in [3.8, 4) is 0 Å². The molecule has 5 heteroatoms. The summed E-state index contributed by atoms with van der Waals surface area (Å²) in [5.41, 5.74) is 2.19. The maximum absolute atomic E-state index is 12.1. The van der Waals surface area contributed by atoms with Crippen molar-refractivity contribution in [1.82, 2.24) is 9.80 Å². The van der Waals surface area contributed by atoms with Gasteiger partial charge in [0.05, 0.1) is 6.54 Å². The van der Waals surface area contributed by atoms with E-state index < -0.39 is 5.97 Å². The zero-order chi connectivity index (χ0) is 15.2. The molecule has 1 saturated heterocycles. The fourth-order valence-corrected chi connectivity index (χ4v) is 2.27. The van der Waals surface area contributed by atoms with Gasteiger partial charge in [-0.05, 0) is 18.6 Å². The van der Waals surface area contributed by atoms with E-state index >= 15 is 0 Å². The van der Waals surface area contributed by atoms with Gasteiger partial charge < -0.3 is 10.0 Å². The molecule has 2 rings (SSSR count). The van der Waals surface area contributed by atoms with Crippen LogP contribution in [0.5, 0.6) is 0 Å². The molecular formula is C16H20N2O3. The summed E-state index contributed by atoms with van der Waals surface area (Å²) in [6, 6.07) is 7.97. The molecule has 1 fully saturated rings. The lowest BCUT2D eigenvalue weighted by atomic mass is 10.1. The maximum atomic E-state index is 12.1. The minimum Gasteiger partial charge on any atom is -0.480 e. The normalized spacial score (nSPS) is 16.3. The van der Waals surface area contributed by atoms with E-state index in [0.717, 1.165) is 5.56 Å². The Morgan fingerprint density at radius 2 is 1.76 bits per heavy atom. The SMILES string of the molecule is Cc1ccc(/C=C/C(=O)N2CCN(CC(=O)O)CC2)cc1. The Morgan fingerprint density at radius 1 is 1.14 bits per heavy atom. The number of piperazine rings is 1. The van der Waals surface area contributed by atoms with Crippen LogP contribution in [-0.4, -0.2) is 59.5 Å². The van der Waals surface area contributed by atoms with Crippen LogP contribution in [0.15, 0.2) is 30.3 Å². The van der Waals surface area contributed by atoms with Crippen molar-refractivity contribution in [2.24, 2.45) is 0 Å². The second-order valence-corrected chi connectivity index (χ2v) is 5.24. The monoisotopic (exact) mass is 288 g/mol. The van der Waals surface area contributed by atoms with Crippen LogP contribution in [-0.2, 0) is 9.59 Å². The highest BCUT2D eigenvalue weighted by molar-refractivity contribution is 5.91. The molecule has 0 aromatic heterocycles. The number of hydrogen-bond acceptors (Lipinski definition) is 3. The van der Waals surface area contributed by atoms with Gasteiger partial charge in [0.1, 0.15) is 0 Å². The number of carbonyl (C=O) groups excluding carboxylic acids is 1. The number of carbonyl (C=O) groups is 2. The average molecular weight is 288 g/mol. The molecule has 0 saturated carbocycles. The van der Waals surface area contributed by atoms with E-state index in [4.69, 9.17) is 5.11 Å². The molecule has 0 aliphatic carbocycles. The van der Waals surface area contributed by atoms with Gasteiger partial charge in [0, 0.05) is 32.3 Å². The van der Waals surface area contributed by atoms with Gasteiger partial charge in [-0.2, -0.15) is 0 Å². The van der Waals surface area contributed by atoms with Gasteiger partial charge >= 0.3 is 5.97 Å². The molecule has 1 aromatic carbocycles. The van der Waals surface area contributed by atoms with Crippen LogP contribution in [0.1, 0.15) is 11.1 Å². The van der Waals surface area contributed by atoms with Gasteiger partial charge in [0.25, 0.3) is 0 Å². The van der Waals surface area contributed by atoms with Crippen LogP contribution in [0.2, 0.25) is 0 Å². The Kier molecular flexibility index (Phi) is 5.11. The van der Waals surface area contributed by atoms with Gasteiger partial charge in [-0.25, -0.2) is 0 Å². The van der Waals surface area contributed by atoms with Gasteiger partial charge in [-0.3, -0.25) is 14.5 Å². The van der Waals surface area contributed by atoms with Crippen molar-refractivity contribution in [1.29, 1.82) is 0 Å². The summed E-state index contributed by atoms with van der Waals surface area (Å²) >= 11 is 0. The van der Waals surface area contributed by atoms with Crippen molar-refractivity contribution < 1.29 is 14.7 Å². The highest BCUT2D eigenvalue weighted by Gasteiger charge is 2.20. The van der Waals surface area contributed by atoms with Crippen LogP contribution >= 0.6 is 0 Å². The fraction of sp³-hybridized carbons (Fsp3) is 0.375. The molecule has 112 valence electrons. The number of carboxylic acid groups (broad SMARTS) is 1.